The Morgan fingerprint density at radius 2 is 2.04 bits per heavy atom. The fourth-order valence-corrected chi connectivity index (χ4v) is 2.37. The van der Waals surface area contributed by atoms with Gasteiger partial charge < -0.3 is 10.4 Å². The van der Waals surface area contributed by atoms with E-state index in [1.54, 1.807) is 6.92 Å². The average molecular weight is 388 g/mol. The summed E-state index contributed by atoms with van der Waals surface area (Å²) in [4.78, 5) is 23.4. The van der Waals surface area contributed by atoms with Gasteiger partial charge in [-0.3, -0.25) is 4.79 Å². The highest BCUT2D eigenvalue weighted by Crippen LogP contribution is 2.32. The lowest BCUT2D eigenvalue weighted by Gasteiger charge is -2.15. The van der Waals surface area contributed by atoms with E-state index in [2.05, 4.69) is 10.3 Å². The Balaban J connectivity index is 2.42. The number of carbonyl (C=O) groups excluding carboxylic acids is 1. The van der Waals surface area contributed by atoms with Crippen molar-refractivity contribution in [3.05, 3.63) is 41.5 Å². The SMILES string of the molecule is CCCCC(NC(=O)c1nnn(-c2cccc(F)c2)c1C(F)(F)F)C(=O)O. The van der Waals surface area contributed by atoms with Gasteiger partial charge in [0, 0.05) is 0 Å². The third-order valence-electron chi connectivity index (χ3n) is 3.66. The van der Waals surface area contributed by atoms with Gasteiger partial charge in [-0.05, 0) is 24.6 Å². The van der Waals surface area contributed by atoms with Gasteiger partial charge in [0.15, 0.2) is 11.4 Å². The maximum Gasteiger partial charge on any atom is 0.435 e. The van der Waals surface area contributed by atoms with Crippen molar-refractivity contribution in [3.8, 4) is 5.69 Å². The Hall–Kier alpha value is -2.98. The van der Waals surface area contributed by atoms with Gasteiger partial charge in [-0.15, -0.1) is 5.10 Å². The first-order chi connectivity index (χ1) is 12.6. The molecule has 0 radical (unpaired) electrons. The topological polar surface area (TPSA) is 97.1 Å². The van der Waals surface area contributed by atoms with Gasteiger partial charge in [0.25, 0.3) is 5.91 Å². The first-order valence-corrected chi connectivity index (χ1v) is 7.97. The molecule has 2 aromatic rings. The normalized spacial score (nSPS) is 12.6. The minimum Gasteiger partial charge on any atom is -0.480 e. The van der Waals surface area contributed by atoms with E-state index in [0.29, 0.717) is 17.5 Å². The van der Waals surface area contributed by atoms with Crippen LogP contribution in [0.4, 0.5) is 17.6 Å². The summed E-state index contributed by atoms with van der Waals surface area (Å²) in [6.45, 7) is 1.80. The van der Waals surface area contributed by atoms with Crippen LogP contribution >= 0.6 is 0 Å². The lowest BCUT2D eigenvalue weighted by molar-refractivity contribution is -0.143. The van der Waals surface area contributed by atoms with Crippen LogP contribution in [0.2, 0.25) is 0 Å². The molecule has 1 amide bonds. The molecule has 27 heavy (non-hydrogen) atoms. The number of carbonyl (C=O) groups is 2. The van der Waals surface area contributed by atoms with Crippen molar-refractivity contribution in [3.63, 3.8) is 0 Å². The van der Waals surface area contributed by atoms with E-state index in [1.165, 1.54) is 6.07 Å². The van der Waals surface area contributed by atoms with Crippen molar-refractivity contribution >= 4 is 11.9 Å². The molecule has 0 aliphatic rings. The number of carboxylic acids is 1. The van der Waals surface area contributed by atoms with Crippen LogP contribution in [0.25, 0.3) is 5.69 Å². The highest BCUT2D eigenvalue weighted by atomic mass is 19.4. The first-order valence-electron chi connectivity index (χ1n) is 7.97. The van der Waals surface area contributed by atoms with Crippen LogP contribution in [0.5, 0.6) is 0 Å². The smallest absolute Gasteiger partial charge is 0.435 e. The predicted molar refractivity (Wildman–Crippen MR) is 84.7 cm³/mol. The zero-order valence-corrected chi connectivity index (χ0v) is 14.1. The molecule has 2 N–H and O–H groups in total. The molecule has 1 aromatic heterocycles. The highest BCUT2D eigenvalue weighted by molar-refractivity contribution is 5.96. The molecule has 146 valence electrons. The molecule has 11 heteroatoms. The number of rotatable bonds is 7. The van der Waals surface area contributed by atoms with Gasteiger partial charge >= 0.3 is 12.1 Å². The molecule has 1 heterocycles. The first kappa shape index (κ1) is 20.3. The quantitative estimate of drug-likeness (QED) is 0.711. The molecule has 1 aromatic carbocycles. The average Bonchev–Trinajstić information content (AvgIpc) is 3.03. The number of nitrogens with one attached hydrogen (secondary N) is 1. The summed E-state index contributed by atoms with van der Waals surface area (Å²) in [6, 6.07) is 2.81. The van der Waals surface area contributed by atoms with Crippen molar-refractivity contribution in [1.82, 2.24) is 20.3 Å². The molecule has 1 atom stereocenters. The van der Waals surface area contributed by atoms with E-state index in [4.69, 9.17) is 5.11 Å². The Bertz CT molecular complexity index is 835. The van der Waals surface area contributed by atoms with Crippen molar-refractivity contribution in [2.24, 2.45) is 0 Å². The van der Waals surface area contributed by atoms with E-state index in [1.807, 2.05) is 5.32 Å². The molecule has 7 nitrogen and oxygen atoms in total. The lowest BCUT2D eigenvalue weighted by Crippen LogP contribution is -2.41. The van der Waals surface area contributed by atoms with Crippen LogP contribution in [-0.4, -0.2) is 38.0 Å². The number of amides is 1. The van der Waals surface area contributed by atoms with Gasteiger partial charge in [0.05, 0.1) is 5.69 Å². The monoisotopic (exact) mass is 388 g/mol. The predicted octanol–water partition coefficient (Wildman–Crippen LogP) is 2.80. The second-order valence-corrected chi connectivity index (χ2v) is 5.68. The van der Waals surface area contributed by atoms with E-state index < -0.39 is 41.3 Å². The van der Waals surface area contributed by atoms with Gasteiger partial charge in [0.1, 0.15) is 11.9 Å². The molecule has 0 fully saturated rings. The Morgan fingerprint density at radius 3 is 2.59 bits per heavy atom. The largest absolute Gasteiger partial charge is 0.480 e. The maximum atomic E-state index is 13.5. The van der Waals surface area contributed by atoms with Crippen LogP contribution in [0.15, 0.2) is 24.3 Å². The minimum absolute atomic E-state index is 0.0525. The molecule has 0 aliphatic heterocycles. The summed E-state index contributed by atoms with van der Waals surface area (Å²) < 4.78 is 54.1. The van der Waals surface area contributed by atoms with Crippen molar-refractivity contribution in [2.45, 2.75) is 38.4 Å². The van der Waals surface area contributed by atoms with Crippen LogP contribution in [0.1, 0.15) is 42.4 Å². The van der Waals surface area contributed by atoms with Crippen molar-refractivity contribution in [1.29, 1.82) is 0 Å². The molecule has 0 spiro atoms. The molecule has 2 rings (SSSR count). The third kappa shape index (κ3) is 4.80. The summed E-state index contributed by atoms with van der Waals surface area (Å²) in [5.41, 5.74) is -2.89. The van der Waals surface area contributed by atoms with Crippen molar-refractivity contribution < 1.29 is 32.3 Å². The summed E-state index contributed by atoms with van der Waals surface area (Å²) >= 11 is 0. The van der Waals surface area contributed by atoms with E-state index in [-0.39, 0.29) is 12.1 Å². The molecule has 0 saturated heterocycles. The number of alkyl halides is 3. The molecule has 0 aliphatic carbocycles. The number of hydrogen-bond donors (Lipinski definition) is 2. The Morgan fingerprint density at radius 1 is 1.33 bits per heavy atom. The van der Waals surface area contributed by atoms with E-state index in [9.17, 15) is 27.2 Å². The van der Waals surface area contributed by atoms with Gasteiger partial charge in [-0.2, -0.15) is 13.2 Å². The highest BCUT2D eigenvalue weighted by Gasteiger charge is 2.42. The molecular weight excluding hydrogens is 372 g/mol. The van der Waals surface area contributed by atoms with E-state index in [0.717, 1.165) is 18.2 Å². The molecule has 1 unspecified atom stereocenters. The number of halogens is 4. The lowest BCUT2D eigenvalue weighted by atomic mass is 10.1. The number of benzene rings is 1. The maximum absolute atomic E-state index is 13.5. The number of hydrogen-bond acceptors (Lipinski definition) is 4. The number of unbranched alkanes of at least 4 members (excludes halogenated alkanes) is 1. The number of nitrogens with zero attached hydrogens (tertiary/aromatic N) is 3. The van der Waals surface area contributed by atoms with E-state index >= 15 is 0 Å². The third-order valence-corrected chi connectivity index (χ3v) is 3.66. The minimum atomic E-state index is -5.04. The summed E-state index contributed by atoms with van der Waals surface area (Å²) in [5, 5.41) is 17.7. The molecular formula is C16H16F4N4O3. The van der Waals surface area contributed by atoms with Gasteiger partial charge in [0.2, 0.25) is 0 Å². The fourth-order valence-electron chi connectivity index (χ4n) is 2.37. The zero-order valence-electron chi connectivity index (χ0n) is 14.1. The second-order valence-electron chi connectivity index (χ2n) is 5.68. The summed E-state index contributed by atoms with van der Waals surface area (Å²) in [5.74, 6) is -3.50. The van der Waals surface area contributed by atoms with Crippen LogP contribution in [0, 0.1) is 5.82 Å². The van der Waals surface area contributed by atoms with Gasteiger partial charge in [-0.25, -0.2) is 13.9 Å². The molecule has 0 bridgehead atoms. The zero-order chi connectivity index (χ0) is 20.2. The number of carboxylic acid groups (broad SMARTS) is 1. The standard InChI is InChI=1S/C16H16F4N4O3/c1-2-3-7-11(15(26)27)21-14(25)12-13(16(18,19)20)24(23-22-12)10-6-4-5-9(17)8-10/h4-6,8,11H,2-3,7H2,1H3,(H,21,25)(H,26,27). The van der Waals surface area contributed by atoms with Crippen LogP contribution in [-0.2, 0) is 11.0 Å². The summed E-state index contributed by atoms with van der Waals surface area (Å²) in [7, 11) is 0. The van der Waals surface area contributed by atoms with Crippen LogP contribution < -0.4 is 5.32 Å². The summed E-state index contributed by atoms with van der Waals surface area (Å²) in [6.07, 6.45) is -3.88. The Labute approximate surface area is 151 Å². The Kier molecular flexibility index (Phi) is 6.13. The number of aliphatic carboxylic acids is 1. The van der Waals surface area contributed by atoms with Crippen molar-refractivity contribution in [2.75, 3.05) is 0 Å². The van der Waals surface area contributed by atoms with Crippen LogP contribution in [0.3, 0.4) is 0 Å². The molecule has 0 saturated carbocycles. The number of aromatic nitrogens is 3. The fraction of sp³-hybridized carbons (Fsp3) is 0.375. The van der Waals surface area contributed by atoms with Gasteiger partial charge in [-0.1, -0.05) is 31.0 Å². The second kappa shape index (κ2) is 8.14.